The molecular formula is C17H17ClO3. The summed E-state index contributed by atoms with van der Waals surface area (Å²) in [6.07, 6.45) is 1.63. The molecule has 0 heterocycles. The molecule has 0 unspecified atom stereocenters. The fourth-order valence-electron chi connectivity index (χ4n) is 2.17. The van der Waals surface area contributed by atoms with Gasteiger partial charge < -0.3 is 9.84 Å². The molecule has 2 aromatic carbocycles. The van der Waals surface area contributed by atoms with Crippen LogP contribution in [0.25, 0.3) is 0 Å². The van der Waals surface area contributed by atoms with Crippen LogP contribution in [0, 0.1) is 0 Å². The Morgan fingerprint density at radius 2 is 1.86 bits per heavy atom. The maximum absolute atomic E-state index is 11.3. The number of halogens is 1. The number of aryl methyl sites for hydroxylation is 2. The molecule has 21 heavy (non-hydrogen) atoms. The van der Waals surface area contributed by atoms with Gasteiger partial charge in [-0.15, -0.1) is 0 Å². The highest BCUT2D eigenvalue weighted by atomic mass is 35.5. The molecule has 0 aliphatic carbocycles. The van der Waals surface area contributed by atoms with E-state index in [1.165, 1.54) is 0 Å². The second-order valence-corrected chi connectivity index (χ2v) is 5.17. The van der Waals surface area contributed by atoms with Crippen LogP contribution in [0.3, 0.4) is 0 Å². The van der Waals surface area contributed by atoms with Crippen molar-refractivity contribution in [3.8, 4) is 5.75 Å². The molecule has 0 atom stereocenters. The number of hydrogen-bond donors (Lipinski definition) is 1. The largest absolute Gasteiger partial charge is 0.496 e. The minimum Gasteiger partial charge on any atom is -0.496 e. The molecule has 0 aliphatic rings. The van der Waals surface area contributed by atoms with Gasteiger partial charge in [0.2, 0.25) is 0 Å². The van der Waals surface area contributed by atoms with Crippen molar-refractivity contribution in [3.63, 3.8) is 0 Å². The molecule has 2 rings (SSSR count). The number of carbonyl (C=O) groups is 1. The second-order valence-electron chi connectivity index (χ2n) is 4.73. The van der Waals surface area contributed by atoms with Crippen molar-refractivity contribution in [2.75, 3.05) is 13.7 Å². The first-order chi connectivity index (χ1) is 10.1. The van der Waals surface area contributed by atoms with Gasteiger partial charge in [-0.2, -0.15) is 0 Å². The number of hydrogen-bond acceptors (Lipinski definition) is 3. The van der Waals surface area contributed by atoms with Crippen LogP contribution in [0.4, 0.5) is 0 Å². The van der Waals surface area contributed by atoms with Gasteiger partial charge in [-0.1, -0.05) is 35.9 Å². The van der Waals surface area contributed by atoms with Crippen LogP contribution >= 0.6 is 11.6 Å². The third kappa shape index (κ3) is 4.06. The van der Waals surface area contributed by atoms with E-state index in [0.717, 1.165) is 29.7 Å². The molecule has 110 valence electrons. The highest BCUT2D eigenvalue weighted by Gasteiger charge is 2.06. The molecule has 0 amide bonds. The number of ketones is 1. The molecule has 4 heteroatoms. The Hall–Kier alpha value is -1.84. The molecule has 0 saturated carbocycles. The van der Waals surface area contributed by atoms with E-state index < -0.39 is 6.61 Å². The molecule has 3 nitrogen and oxygen atoms in total. The van der Waals surface area contributed by atoms with Crippen LogP contribution in [0.5, 0.6) is 5.75 Å². The summed E-state index contributed by atoms with van der Waals surface area (Å²) in [5.74, 6) is 0.560. The number of carbonyl (C=O) groups excluding carboxylic acids is 1. The van der Waals surface area contributed by atoms with E-state index in [1.54, 1.807) is 25.3 Å². The van der Waals surface area contributed by atoms with Crippen LogP contribution in [0.15, 0.2) is 42.5 Å². The summed E-state index contributed by atoms with van der Waals surface area (Å²) < 4.78 is 5.32. The molecule has 0 bridgehead atoms. The molecule has 0 fully saturated rings. The van der Waals surface area contributed by atoms with Crippen molar-refractivity contribution in [1.29, 1.82) is 0 Å². The summed E-state index contributed by atoms with van der Waals surface area (Å²) in [5, 5.41) is 9.51. The maximum atomic E-state index is 11.3. The summed E-state index contributed by atoms with van der Waals surface area (Å²) in [6.45, 7) is -0.459. The summed E-state index contributed by atoms with van der Waals surface area (Å²) in [7, 11) is 1.64. The topological polar surface area (TPSA) is 46.5 Å². The molecule has 0 radical (unpaired) electrons. The number of rotatable bonds is 6. The Kier molecular flexibility index (Phi) is 5.37. The van der Waals surface area contributed by atoms with Crippen LogP contribution in [0.2, 0.25) is 5.02 Å². The summed E-state index contributed by atoms with van der Waals surface area (Å²) in [5.41, 5.74) is 2.70. The lowest BCUT2D eigenvalue weighted by Gasteiger charge is -2.09. The normalized spacial score (nSPS) is 10.4. The van der Waals surface area contributed by atoms with Crippen molar-refractivity contribution >= 4 is 17.4 Å². The average Bonchev–Trinajstić information content (AvgIpc) is 2.52. The first-order valence-corrected chi connectivity index (χ1v) is 7.07. The molecule has 2 aromatic rings. The van der Waals surface area contributed by atoms with E-state index >= 15 is 0 Å². The standard InChI is InChI=1S/C17H17ClO3/c1-21-17-9-8-15(18)10-14(17)7-4-12-2-5-13(6-3-12)16(20)11-19/h2-3,5-6,8-10,19H,4,7,11H2,1H3. The molecule has 0 spiro atoms. The fraction of sp³-hybridized carbons (Fsp3) is 0.235. The van der Waals surface area contributed by atoms with Gasteiger partial charge in [-0.05, 0) is 42.2 Å². The third-order valence-corrected chi connectivity index (χ3v) is 3.58. The van der Waals surface area contributed by atoms with E-state index in [1.807, 2.05) is 24.3 Å². The maximum Gasteiger partial charge on any atom is 0.188 e. The van der Waals surface area contributed by atoms with Crippen molar-refractivity contribution in [3.05, 3.63) is 64.2 Å². The summed E-state index contributed by atoms with van der Waals surface area (Å²) in [4.78, 5) is 11.3. The first kappa shape index (κ1) is 15.5. The lowest BCUT2D eigenvalue weighted by atomic mass is 10.0. The lowest BCUT2D eigenvalue weighted by Crippen LogP contribution is -2.04. The summed E-state index contributed by atoms with van der Waals surface area (Å²) >= 11 is 6.01. The van der Waals surface area contributed by atoms with Crippen molar-refractivity contribution in [2.24, 2.45) is 0 Å². The van der Waals surface area contributed by atoms with Gasteiger partial charge in [-0.25, -0.2) is 0 Å². The Labute approximate surface area is 129 Å². The zero-order valence-corrected chi connectivity index (χ0v) is 12.6. The van der Waals surface area contributed by atoms with Crippen LogP contribution in [-0.4, -0.2) is 24.6 Å². The first-order valence-electron chi connectivity index (χ1n) is 6.69. The lowest BCUT2D eigenvalue weighted by molar-refractivity contribution is 0.0903. The Bertz CT molecular complexity index is 620. The Balaban J connectivity index is 2.06. The predicted octanol–water partition coefficient (Wildman–Crippen LogP) is 3.31. The summed E-state index contributed by atoms with van der Waals surface area (Å²) in [6, 6.07) is 12.9. The van der Waals surface area contributed by atoms with E-state index in [2.05, 4.69) is 0 Å². The molecule has 0 aromatic heterocycles. The van der Waals surface area contributed by atoms with Gasteiger partial charge in [0.1, 0.15) is 12.4 Å². The fourth-order valence-corrected chi connectivity index (χ4v) is 2.36. The van der Waals surface area contributed by atoms with E-state index in [4.69, 9.17) is 21.4 Å². The number of aliphatic hydroxyl groups is 1. The van der Waals surface area contributed by atoms with E-state index in [9.17, 15) is 4.79 Å². The average molecular weight is 305 g/mol. The Morgan fingerprint density at radius 1 is 1.14 bits per heavy atom. The number of benzene rings is 2. The quantitative estimate of drug-likeness (QED) is 0.833. The van der Waals surface area contributed by atoms with Gasteiger partial charge >= 0.3 is 0 Å². The smallest absolute Gasteiger partial charge is 0.188 e. The molecule has 0 saturated heterocycles. The van der Waals surface area contributed by atoms with Gasteiger partial charge in [0.15, 0.2) is 5.78 Å². The number of ether oxygens (including phenoxy) is 1. The minimum absolute atomic E-state index is 0.266. The van der Waals surface area contributed by atoms with Crippen molar-refractivity contribution < 1.29 is 14.6 Å². The predicted molar refractivity (Wildman–Crippen MR) is 83.3 cm³/mol. The molecular weight excluding hydrogens is 288 g/mol. The number of aliphatic hydroxyl groups excluding tert-OH is 1. The van der Waals surface area contributed by atoms with Gasteiger partial charge in [0, 0.05) is 10.6 Å². The number of Topliss-reactive ketones (excluding diaryl/α,β-unsaturated/α-hetero) is 1. The number of methoxy groups -OCH3 is 1. The second kappa shape index (κ2) is 7.25. The van der Waals surface area contributed by atoms with Gasteiger partial charge in [-0.3, -0.25) is 4.79 Å². The van der Waals surface area contributed by atoms with Crippen LogP contribution in [-0.2, 0) is 12.8 Å². The highest BCUT2D eigenvalue weighted by molar-refractivity contribution is 6.30. The minimum atomic E-state index is -0.459. The van der Waals surface area contributed by atoms with Crippen LogP contribution in [0.1, 0.15) is 21.5 Å². The van der Waals surface area contributed by atoms with Gasteiger partial charge in [0.25, 0.3) is 0 Å². The van der Waals surface area contributed by atoms with Crippen molar-refractivity contribution in [1.82, 2.24) is 0 Å². The molecule has 1 N–H and O–H groups in total. The van der Waals surface area contributed by atoms with E-state index in [-0.39, 0.29) is 5.78 Å². The third-order valence-electron chi connectivity index (χ3n) is 3.34. The monoisotopic (exact) mass is 304 g/mol. The molecule has 0 aliphatic heterocycles. The van der Waals surface area contributed by atoms with Crippen LogP contribution < -0.4 is 4.74 Å². The van der Waals surface area contributed by atoms with Crippen molar-refractivity contribution in [2.45, 2.75) is 12.8 Å². The van der Waals surface area contributed by atoms with E-state index in [0.29, 0.717) is 10.6 Å². The van der Waals surface area contributed by atoms with Gasteiger partial charge in [0.05, 0.1) is 7.11 Å². The Morgan fingerprint density at radius 3 is 2.48 bits per heavy atom. The SMILES string of the molecule is COc1ccc(Cl)cc1CCc1ccc(C(=O)CO)cc1. The zero-order valence-electron chi connectivity index (χ0n) is 11.8. The highest BCUT2D eigenvalue weighted by Crippen LogP contribution is 2.24. The zero-order chi connectivity index (χ0) is 15.2.